The van der Waals surface area contributed by atoms with Gasteiger partial charge in [0.2, 0.25) is 0 Å². The first-order valence-corrected chi connectivity index (χ1v) is 7.11. The third-order valence-corrected chi connectivity index (χ3v) is 4.22. The molecule has 3 N–H and O–H groups in total. The van der Waals surface area contributed by atoms with Crippen molar-refractivity contribution in [1.29, 1.82) is 0 Å². The Morgan fingerprint density at radius 2 is 2.06 bits per heavy atom. The largest absolute Gasteiger partial charge is 0.409 e. The average Bonchev–Trinajstić information content (AvgIpc) is 2.38. The predicted molar refractivity (Wildman–Crippen MR) is 73.8 cm³/mol. The lowest BCUT2D eigenvalue weighted by Crippen LogP contribution is -2.34. The van der Waals surface area contributed by atoms with Gasteiger partial charge in [-0.15, -0.1) is 0 Å². The van der Waals surface area contributed by atoms with Gasteiger partial charge in [0.1, 0.15) is 5.84 Å². The zero-order valence-corrected chi connectivity index (χ0v) is 12.0. The molecule has 4 nitrogen and oxygen atoms in total. The van der Waals surface area contributed by atoms with Gasteiger partial charge in [-0.25, -0.2) is 0 Å². The molecule has 0 aromatic carbocycles. The van der Waals surface area contributed by atoms with Gasteiger partial charge >= 0.3 is 0 Å². The molecule has 0 heterocycles. The standard InChI is InChI=1S/C14H28N2O2/c1-4-11-7-5-6-8-12(11)18-10-9-14(2,3)13(15)16-17/h11-12,17H,4-10H2,1-3H3,(H2,15,16). The summed E-state index contributed by atoms with van der Waals surface area (Å²) in [7, 11) is 0. The first-order valence-electron chi connectivity index (χ1n) is 7.11. The molecule has 0 aromatic rings. The van der Waals surface area contributed by atoms with Crippen LogP contribution in [0.1, 0.15) is 59.3 Å². The molecule has 0 aromatic heterocycles. The number of nitrogens with two attached hydrogens (primary N) is 1. The molecule has 4 heteroatoms. The fourth-order valence-corrected chi connectivity index (χ4v) is 2.59. The summed E-state index contributed by atoms with van der Waals surface area (Å²) < 4.78 is 6.02. The van der Waals surface area contributed by atoms with Crippen molar-refractivity contribution in [3.63, 3.8) is 0 Å². The van der Waals surface area contributed by atoms with Crippen molar-refractivity contribution in [2.75, 3.05) is 6.61 Å². The maximum atomic E-state index is 8.72. The van der Waals surface area contributed by atoms with E-state index in [2.05, 4.69) is 12.1 Å². The molecule has 0 amide bonds. The fourth-order valence-electron chi connectivity index (χ4n) is 2.59. The van der Waals surface area contributed by atoms with Crippen LogP contribution in [0.3, 0.4) is 0 Å². The van der Waals surface area contributed by atoms with Crippen LogP contribution in [0.15, 0.2) is 5.16 Å². The van der Waals surface area contributed by atoms with Crippen LogP contribution in [0.5, 0.6) is 0 Å². The van der Waals surface area contributed by atoms with E-state index in [1.165, 1.54) is 32.1 Å². The highest BCUT2D eigenvalue weighted by Gasteiger charge is 2.27. The van der Waals surface area contributed by atoms with Crippen LogP contribution < -0.4 is 5.73 Å². The number of rotatable bonds is 6. The van der Waals surface area contributed by atoms with Crippen LogP contribution in [0.25, 0.3) is 0 Å². The Bertz CT molecular complexity index is 277. The highest BCUT2D eigenvalue weighted by molar-refractivity contribution is 5.85. The Balaban J connectivity index is 2.36. The third kappa shape index (κ3) is 4.16. The maximum absolute atomic E-state index is 8.72. The minimum atomic E-state index is -0.300. The summed E-state index contributed by atoms with van der Waals surface area (Å²) in [5, 5.41) is 11.8. The third-order valence-electron chi connectivity index (χ3n) is 4.22. The van der Waals surface area contributed by atoms with Crippen LogP contribution >= 0.6 is 0 Å². The first kappa shape index (κ1) is 15.3. The summed E-state index contributed by atoms with van der Waals surface area (Å²) in [6, 6.07) is 0. The number of hydrogen-bond acceptors (Lipinski definition) is 3. The zero-order chi connectivity index (χ0) is 13.6. The van der Waals surface area contributed by atoms with E-state index in [0.717, 1.165) is 6.42 Å². The van der Waals surface area contributed by atoms with E-state index in [4.69, 9.17) is 15.7 Å². The second kappa shape index (κ2) is 6.98. The van der Waals surface area contributed by atoms with Crippen molar-refractivity contribution in [3.8, 4) is 0 Å². The lowest BCUT2D eigenvalue weighted by atomic mass is 9.84. The monoisotopic (exact) mass is 256 g/mol. The molecule has 1 aliphatic rings. The number of ether oxygens (including phenoxy) is 1. The van der Waals surface area contributed by atoms with Crippen molar-refractivity contribution in [1.82, 2.24) is 0 Å². The Kier molecular flexibility index (Phi) is 5.93. The molecular weight excluding hydrogens is 228 g/mol. The topological polar surface area (TPSA) is 67.8 Å². The molecule has 0 spiro atoms. The van der Waals surface area contributed by atoms with Crippen LogP contribution in [-0.4, -0.2) is 23.8 Å². The minimum absolute atomic E-state index is 0.279. The summed E-state index contributed by atoms with van der Waals surface area (Å²) in [6.45, 7) is 6.88. The molecule has 106 valence electrons. The van der Waals surface area contributed by atoms with E-state index >= 15 is 0 Å². The van der Waals surface area contributed by atoms with Crippen molar-refractivity contribution in [2.45, 2.75) is 65.4 Å². The van der Waals surface area contributed by atoms with Crippen LogP contribution in [0, 0.1) is 11.3 Å². The quantitative estimate of drug-likeness (QED) is 0.332. The van der Waals surface area contributed by atoms with Crippen molar-refractivity contribution >= 4 is 5.84 Å². The molecule has 1 saturated carbocycles. The number of hydrogen-bond donors (Lipinski definition) is 2. The molecule has 0 saturated heterocycles. The molecule has 2 unspecified atom stereocenters. The van der Waals surface area contributed by atoms with E-state index in [9.17, 15) is 0 Å². The number of nitrogens with zero attached hydrogens (tertiary/aromatic N) is 1. The fraction of sp³-hybridized carbons (Fsp3) is 0.929. The molecule has 18 heavy (non-hydrogen) atoms. The highest BCUT2D eigenvalue weighted by Crippen LogP contribution is 2.30. The molecular formula is C14H28N2O2. The van der Waals surface area contributed by atoms with Gasteiger partial charge in [0.15, 0.2) is 0 Å². The van der Waals surface area contributed by atoms with Gasteiger partial charge in [0, 0.05) is 12.0 Å². The van der Waals surface area contributed by atoms with Gasteiger partial charge in [-0.05, 0) is 25.2 Å². The summed E-state index contributed by atoms with van der Waals surface area (Å²) in [5.41, 5.74) is 5.37. The molecule has 0 radical (unpaired) electrons. The maximum Gasteiger partial charge on any atom is 0.144 e. The van der Waals surface area contributed by atoms with E-state index in [1.54, 1.807) is 0 Å². The number of oxime groups is 1. The van der Waals surface area contributed by atoms with E-state index in [-0.39, 0.29) is 11.3 Å². The smallest absolute Gasteiger partial charge is 0.144 e. The Morgan fingerprint density at radius 1 is 1.39 bits per heavy atom. The molecule has 0 bridgehead atoms. The summed E-state index contributed by atoms with van der Waals surface area (Å²) in [4.78, 5) is 0. The lowest BCUT2D eigenvalue weighted by Gasteiger charge is -2.32. The van der Waals surface area contributed by atoms with Crippen LogP contribution in [0.4, 0.5) is 0 Å². The van der Waals surface area contributed by atoms with Crippen molar-refractivity contribution in [2.24, 2.45) is 22.2 Å². The van der Waals surface area contributed by atoms with Crippen molar-refractivity contribution < 1.29 is 9.94 Å². The van der Waals surface area contributed by atoms with E-state index < -0.39 is 0 Å². The van der Waals surface area contributed by atoms with E-state index in [1.807, 2.05) is 13.8 Å². The Labute approximate surface area is 111 Å². The second-order valence-corrected chi connectivity index (χ2v) is 5.98. The second-order valence-electron chi connectivity index (χ2n) is 5.98. The van der Waals surface area contributed by atoms with Gasteiger partial charge in [-0.2, -0.15) is 0 Å². The average molecular weight is 256 g/mol. The van der Waals surface area contributed by atoms with Crippen molar-refractivity contribution in [3.05, 3.63) is 0 Å². The summed E-state index contributed by atoms with van der Waals surface area (Å²) in [5.74, 6) is 0.993. The van der Waals surface area contributed by atoms with Gasteiger partial charge < -0.3 is 15.7 Å². The van der Waals surface area contributed by atoms with Gasteiger partial charge in [0.25, 0.3) is 0 Å². The predicted octanol–water partition coefficient (Wildman–Crippen LogP) is 3.13. The van der Waals surface area contributed by atoms with Gasteiger partial charge in [0.05, 0.1) is 6.10 Å². The van der Waals surface area contributed by atoms with E-state index in [0.29, 0.717) is 18.6 Å². The zero-order valence-electron chi connectivity index (χ0n) is 12.0. The lowest BCUT2D eigenvalue weighted by molar-refractivity contribution is -0.0185. The summed E-state index contributed by atoms with van der Waals surface area (Å²) in [6.07, 6.45) is 7.50. The molecule has 1 fully saturated rings. The van der Waals surface area contributed by atoms with Crippen LogP contribution in [0.2, 0.25) is 0 Å². The molecule has 0 aliphatic heterocycles. The Hall–Kier alpha value is -0.770. The minimum Gasteiger partial charge on any atom is -0.409 e. The SMILES string of the molecule is CCC1CCCCC1OCCC(C)(C)C(N)=NO. The molecule has 2 atom stereocenters. The Morgan fingerprint density at radius 3 is 2.67 bits per heavy atom. The summed E-state index contributed by atoms with van der Waals surface area (Å²) >= 11 is 0. The van der Waals surface area contributed by atoms with Gasteiger partial charge in [-0.1, -0.05) is 45.2 Å². The molecule has 1 rings (SSSR count). The van der Waals surface area contributed by atoms with Crippen LogP contribution in [-0.2, 0) is 4.74 Å². The number of amidine groups is 1. The molecule has 1 aliphatic carbocycles. The normalized spacial score (nSPS) is 26.3. The highest BCUT2D eigenvalue weighted by atomic mass is 16.5. The first-order chi connectivity index (χ1) is 8.51. The van der Waals surface area contributed by atoms with Gasteiger partial charge in [-0.3, -0.25) is 0 Å².